The summed E-state index contributed by atoms with van der Waals surface area (Å²) in [6, 6.07) is 0. The Hall–Kier alpha value is -1.60. The average molecular weight is 264 g/mol. The maximum atomic E-state index is 10.0. The zero-order chi connectivity index (χ0) is 14.8. The van der Waals surface area contributed by atoms with Gasteiger partial charge in [-0.1, -0.05) is 13.5 Å². The van der Waals surface area contributed by atoms with E-state index >= 15 is 0 Å². The van der Waals surface area contributed by atoms with Crippen LogP contribution < -0.4 is 0 Å². The number of aliphatic hydroxyl groups is 2. The first-order valence-corrected chi connectivity index (χ1v) is 5.21. The number of carboxylic acid groups (broad SMARTS) is 2. The average Bonchev–Trinajstić information content (AvgIpc) is 2.32. The molecule has 4 N–H and O–H groups in total. The molecule has 0 aromatic rings. The molecule has 0 unspecified atom stereocenters. The first kappa shape index (κ1) is 18.8. The predicted octanol–water partition coefficient (Wildman–Crippen LogP) is 0.709. The zero-order valence-corrected chi connectivity index (χ0v) is 10.5. The summed E-state index contributed by atoms with van der Waals surface area (Å²) in [6.07, 6.45) is -0.928. The van der Waals surface area contributed by atoms with Crippen molar-refractivity contribution in [2.75, 3.05) is 19.8 Å². The van der Waals surface area contributed by atoms with Crippen LogP contribution in [0, 0.1) is 5.41 Å². The van der Waals surface area contributed by atoms with Crippen molar-refractivity contribution in [1.29, 1.82) is 0 Å². The molecule has 0 saturated heterocycles. The van der Waals surface area contributed by atoms with Crippen LogP contribution in [-0.2, 0) is 9.53 Å². The van der Waals surface area contributed by atoms with E-state index in [9.17, 15) is 9.59 Å². The fourth-order valence-electron chi connectivity index (χ4n) is 0.682. The van der Waals surface area contributed by atoms with E-state index in [1.807, 2.05) is 0 Å². The Balaban J connectivity index is 0. The lowest BCUT2D eigenvalue weighted by Crippen LogP contribution is -2.35. The molecule has 18 heavy (non-hydrogen) atoms. The van der Waals surface area contributed by atoms with Crippen molar-refractivity contribution >= 4 is 12.1 Å². The summed E-state index contributed by atoms with van der Waals surface area (Å²) in [5.41, 5.74) is -0.659. The minimum Gasteiger partial charge on any atom is -0.478 e. The maximum Gasteiger partial charge on any atom is 0.505 e. The molecule has 0 aliphatic rings. The van der Waals surface area contributed by atoms with Crippen LogP contribution in [0.2, 0.25) is 0 Å². The van der Waals surface area contributed by atoms with E-state index in [4.69, 9.17) is 20.4 Å². The smallest absolute Gasteiger partial charge is 0.478 e. The summed E-state index contributed by atoms with van der Waals surface area (Å²) in [5.74, 6) is -0.935. The highest BCUT2D eigenvalue weighted by atomic mass is 16.7. The van der Waals surface area contributed by atoms with Crippen molar-refractivity contribution in [2.45, 2.75) is 20.3 Å². The fourth-order valence-corrected chi connectivity index (χ4v) is 0.682. The van der Waals surface area contributed by atoms with Gasteiger partial charge in [0.05, 0.1) is 18.6 Å². The van der Waals surface area contributed by atoms with Crippen molar-refractivity contribution in [3.8, 4) is 0 Å². The Kier molecular flexibility index (Phi) is 9.83. The van der Waals surface area contributed by atoms with Gasteiger partial charge in [0, 0.05) is 5.57 Å². The number of rotatable bonds is 6. The van der Waals surface area contributed by atoms with Gasteiger partial charge >= 0.3 is 12.1 Å². The molecule has 0 aliphatic carbocycles. The maximum absolute atomic E-state index is 10.0. The third kappa shape index (κ3) is 8.54. The largest absolute Gasteiger partial charge is 0.505 e. The molecule has 0 bridgehead atoms. The van der Waals surface area contributed by atoms with Gasteiger partial charge in [-0.2, -0.15) is 0 Å². The lowest BCUT2D eigenvalue weighted by molar-refractivity contribution is -0.132. The second kappa shape index (κ2) is 9.43. The summed E-state index contributed by atoms with van der Waals surface area (Å²) < 4.78 is 4.28. The van der Waals surface area contributed by atoms with Crippen LogP contribution in [-0.4, -0.2) is 52.4 Å². The number of carboxylic acids is 1. The summed E-state index contributed by atoms with van der Waals surface area (Å²) in [7, 11) is 0. The van der Waals surface area contributed by atoms with Gasteiger partial charge in [0.2, 0.25) is 0 Å². The van der Waals surface area contributed by atoms with E-state index < -0.39 is 17.5 Å². The van der Waals surface area contributed by atoms with Crippen LogP contribution >= 0.6 is 0 Å². The Morgan fingerprint density at radius 3 is 1.78 bits per heavy atom. The highest BCUT2D eigenvalue weighted by Gasteiger charge is 2.28. The highest BCUT2D eigenvalue weighted by Crippen LogP contribution is 2.20. The van der Waals surface area contributed by atoms with Crippen LogP contribution in [0.5, 0.6) is 0 Å². The molecule has 0 aliphatic heterocycles. The van der Waals surface area contributed by atoms with Crippen LogP contribution in [0.3, 0.4) is 0 Å². The normalized spacial score (nSPS) is 10.0. The van der Waals surface area contributed by atoms with Crippen LogP contribution in [0.1, 0.15) is 20.3 Å². The van der Waals surface area contributed by atoms with Crippen molar-refractivity contribution in [2.24, 2.45) is 5.41 Å². The molecule has 0 atom stereocenters. The quantitative estimate of drug-likeness (QED) is 0.411. The molecule has 0 rings (SSSR count). The van der Waals surface area contributed by atoms with Gasteiger partial charge in [-0.05, 0) is 13.3 Å². The zero-order valence-electron chi connectivity index (χ0n) is 10.5. The highest BCUT2D eigenvalue weighted by molar-refractivity contribution is 5.84. The molecule has 106 valence electrons. The van der Waals surface area contributed by atoms with Crippen molar-refractivity contribution in [3.63, 3.8) is 0 Å². The van der Waals surface area contributed by atoms with Gasteiger partial charge in [0.1, 0.15) is 6.61 Å². The third-order valence-corrected chi connectivity index (χ3v) is 2.29. The van der Waals surface area contributed by atoms with E-state index in [2.05, 4.69) is 11.3 Å². The molecular formula is C11H20O7. The predicted molar refractivity (Wildman–Crippen MR) is 63.3 cm³/mol. The number of aliphatic hydroxyl groups excluding tert-OH is 2. The van der Waals surface area contributed by atoms with E-state index in [0.29, 0.717) is 6.42 Å². The number of carbonyl (C=O) groups is 2. The van der Waals surface area contributed by atoms with Gasteiger partial charge in [0.15, 0.2) is 0 Å². The van der Waals surface area contributed by atoms with Gasteiger partial charge in [-0.3, -0.25) is 0 Å². The van der Waals surface area contributed by atoms with Gasteiger partial charge in [0.25, 0.3) is 0 Å². The lowest BCUT2D eigenvalue weighted by atomic mass is 9.88. The molecule has 7 heteroatoms. The number of hydrogen-bond acceptors (Lipinski definition) is 5. The standard InChI is InChI=1S/C7H14O5.C4H6O2/c1-2-7(3-8,4-9)5-12-6(10)11;1-3(2)4(5)6/h8-9H,2-5H2,1H3,(H,10,11);1H2,2H3,(H,5,6). The van der Waals surface area contributed by atoms with E-state index in [-0.39, 0.29) is 25.4 Å². The third-order valence-electron chi connectivity index (χ3n) is 2.29. The second-order valence-corrected chi connectivity index (χ2v) is 3.81. The fraction of sp³-hybridized carbons (Fsp3) is 0.636. The first-order valence-electron chi connectivity index (χ1n) is 5.21. The Bertz CT molecular complexity index is 261. The molecule has 0 saturated carbocycles. The van der Waals surface area contributed by atoms with Crippen molar-refractivity contribution in [3.05, 3.63) is 12.2 Å². The molecule has 0 spiro atoms. The van der Waals surface area contributed by atoms with Crippen LogP contribution in [0.15, 0.2) is 12.2 Å². The Labute approximate surface area is 105 Å². The van der Waals surface area contributed by atoms with Crippen molar-refractivity contribution in [1.82, 2.24) is 0 Å². The minimum atomic E-state index is -1.39. The summed E-state index contributed by atoms with van der Waals surface area (Å²) in [6.45, 7) is 5.61. The minimum absolute atomic E-state index is 0.175. The van der Waals surface area contributed by atoms with E-state index in [0.717, 1.165) is 0 Å². The first-order chi connectivity index (χ1) is 8.24. The number of hydrogen-bond donors (Lipinski definition) is 4. The second-order valence-electron chi connectivity index (χ2n) is 3.81. The number of ether oxygens (including phenoxy) is 1. The molecule has 7 nitrogen and oxygen atoms in total. The molecule has 0 fully saturated rings. The molecular weight excluding hydrogens is 244 g/mol. The van der Waals surface area contributed by atoms with Crippen molar-refractivity contribution < 1.29 is 34.8 Å². The topological polar surface area (TPSA) is 124 Å². The van der Waals surface area contributed by atoms with E-state index in [1.54, 1.807) is 6.92 Å². The molecule has 0 aromatic carbocycles. The molecule has 0 aromatic heterocycles. The lowest BCUT2D eigenvalue weighted by Gasteiger charge is -2.26. The van der Waals surface area contributed by atoms with Gasteiger partial charge < -0.3 is 25.2 Å². The summed E-state index contributed by atoms with van der Waals surface area (Å²) in [5, 5.41) is 33.8. The van der Waals surface area contributed by atoms with Crippen LogP contribution in [0.4, 0.5) is 4.79 Å². The Morgan fingerprint density at radius 1 is 1.22 bits per heavy atom. The SMILES string of the molecule is C=C(C)C(=O)O.CCC(CO)(CO)COC(=O)O. The van der Waals surface area contributed by atoms with E-state index in [1.165, 1.54) is 6.92 Å². The summed E-state index contributed by atoms with van der Waals surface area (Å²) >= 11 is 0. The van der Waals surface area contributed by atoms with Gasteiger partial charge in [-0.25, -0.2) is 9.59 Å². The molecule has 0 amide bonds. The molecule has 0 radical (unpaired) electrons. The van der Waals surface area contributed by atoms with Crippen LogP contribution in [0.25, 0.3) is 0 Å². The summed E-state index contributed by atoms with van der Waals surface area (Å²) in [4.78, 5) is 19.6. The number of aliphatic carboxylic acids is 1. The Morgan fingerprint density at radius 2 is 1.61 bits per heavy atom. The molecule has 0 heterocycles. The monoisotopic (exact) mass is 264 g/mol. The van der Waals surface area contributed by atoms with Gasteiger partial charge in [-0.15, -0.1) is 0 Å².